The summed E-state index contributed by atoms with van der Waals surface area (Å²) in [6, 6.07) is 10.5. The van der Waals surface area contributed by atoms with Crippen LogP contribution in [-0.4, -0.2) is 29.2 Å². The Balaban J connectivity index is 1.50. The van der Waals surface area contributed by atoms with Gasteiger partial charge in [-0.2, -0.15) is 0 Å². The molecule has 1 aliphatic carbocycles. The Morgan fingerprint density at radius 2 is 1.69 bits per heavy atom. The van der Waals surface area contributed by atoms with Crippen molar-refractivity contribution in [1.82, 2.24) is 15.5 Å². The fourth-order valence-corrected chi connectivity index (χ4v) is 4.46. The van der Waals surface area contributed by atoms with Gasteiger partial charge in [0.2, 0.25) is 11.8 Å². The van der Waals surface area contributed by atoms with Gasteiger partial charge in [0.05, 0.1) is 0 Å². The number of benzene rings is 1. The summed E-state index contributed by atoms with van der Waals surface area (Å²) in [7, 11) is 0. The van der Waals surface area contributed by atoms with Crippen LogP contribution in [0.4, 0.5) is 6.01 Å². The lowest BCUT2D eigenvalue weighted by Gasteiger charge is -2.23. The maximum Gasteiger partial charge on any atom is 0.318 e. The molecule has 1 amide bonds. The molecule has 1 saturated carbocycles. The highest BCUT2D eigenvalue weighted by molar-refractivity contribution is 5.79. The number of nitrogens with zero attached hydrogens (tertiary/aromatic N) is 3. The lowest BCUT2D eigenvalue weighted by atomic mass is 9.88. The number of aromatic nitrogens is 2. The lowest BCUT2D eigenvalue weighted by Crippen LogP contribution is -2.36. The molecule has 0 radical (unpaired) electrons. The monoisotopic (exact) mass is 396 g/mol. The van der Waals surface area contributed by atoms with Crippen LogP contribution in [0.25, 0.3) is 0 Å². The number of amides is 1. The molecule has 0 bridgehead atoms. The largest absolute Gasteiger partial charge is 0.406 e. The quantitative estimate of drug-likeness (QED) is 0.782. The number of carbonyl (C=O) groups excluding carboxylic acids is 1. The summed E-state index contributed by atoms with van der Waals surface area (Å²) < 4.78 is 6.09. The molecular weight excluding hydrogens is 364 g/mol. The van der Waals surface area contributed by atoms with Gasteiger partial charge in [0.15, 0.2) is 0 Å². The molecule has 2 aromatic rings. The van der Waals surface area contributed by atoms with Crippen molar-refractivity contribution in [2.75, 3.05) is 18.0 Å². The van der Waals surface area contributed by atoms with Crippen LogP contribution >= 0.6 is 0 Å². The predicted molar refractivity (Wildman–Crippen MR) is 113 cm³/mol. The van der Waals surface area contributed by atoms with Gasteiger partial charge < -0.3 is 14.6 Å². The summed E-state index contributed by atoms with van der Waals surface area (Å²) in [4.78, 5) is 15.1. The van der Waals surface area contributed by atoms with Gasteiger partial charge in [-0.05, 0) is 31.2 Å². The summed E-state index contributed by atoms with van der Waals surface area (Å²) in [6.45, 7) is 1.92. The van der Waals surface area contributed by atoms with Gasteiger partial charge >= 0.3 is 6.01 Å². The summed E-state index contributed by atoms with van der Waals surface area (Å²) in [5, 5.41) is 11.9. The lowest BCUT2D eigenvalue weighted by molar-refractivity contribution is -0.126. The second-order valence-electron chi connectivity index (χ2n) is 8.41. The summed E-state index contributed by atoms with van der Waals surface area (Å²) >= 11 is 0. The standard InChI is InChI=1S/C23H32N4O2/c28-21(19-13-7-4-8-14-19)24-20(17-18-11-5-3-6-12-18)22-25-26-23(29-22)27-15-9-1-2-10-16-27/h3,5-6,11-12,19-20H,1-2,4,7-10,13-17H2,(H,24,28)/t20-/m1/s1. The number of hydrogen-bond acceptors (Lipinski definition) is 5. The predicted octanol–water partition coefficient (Wildman–Crippen LogP) is 4.43. The first-order valence-corrected chi connectivity index (χ1v) is 11.2. The van der Waals surface area contributed by atoms with Crippen LogP contribution in [0, 0.1) is 5.92 Å². The average Bonchev–Trinajstić information content (AvgIpc) is 3.10. The van der Waals surface area contributed by atoms with E-state index in [1.54, 1.807) is 0 Å². The van der Waals surface area contributed by atoms with Crippen molar-refractivity contribution in [2.45, 2.75) is 70.3 Å². The Bertz CT molecular complexity index is 762. The van der Waals surface area contributed by atoms with Crippen LogP contribution in [0.5, 0.6) is 0 Å². The van der Waals surface area contributed by atoms with Crippen molar-refractivity contribution in [3.05, 3.63) is 41.8 Å². The summed E-state index contributed by atoms with van der Waals surface area (Å²) in [5.41, 5.74) is 1.15. The van der Waals surface area contributed by atoms with E-state index >= 15 is 0 Å². The number of nitrogens with one attached hydrogen (secondary N) is 1. The van der Waals surface area contributed by atoms with E-state index in [2.05, 4.69) is 32.5 Å². The van der Waals surface area contributed by atoms with Gasteiger partial charge in [-0.1, -0.05) is 67.5 Å². The molecule has 1 aromatic carbocycles. The molecule has 1 aromatic heterocycles. The fourth-order valence-electron chi connectivity index (χ4n) is 4.46. The van der Waals surface area contributed by atoms with Gasteiger partial charge in [0.25, 0.3) is 0 Å². The van der Waals surface area contributed by atoms with Gasteiger partial charge in [-0.25, -0.2) is 0 Å². The van der Waals surface area contributed by atoms with Gasteiger partial charge in [0, 0.05) is 25.4 Å². The minimum atomic E-state index is -0.292. The molecule has 0 unspecified atom stereocenters. The van der Waals surface area contributed by atoms with Crippen LogP contribution in [0.15, 0.2) is 34.7 Å². The molecule has 4 rings (SSSR count). The molecule has 156 valence electrons. The third-order valence-electron chi connectivity index (χ3n) is 6.18. The summed E-state index contributed by atoms with van der Waals surface area (Å²) in [5.74, 6) is 0.743. The highest BCUT2D eigenvalue weighted by atomic mass is 16.4. The van der Waals surface area contributed by atoms with E-state index in [0.29, 0.717) is 18.3 Å². The van der Waals surface area contributed by atoms with E-state index < -0.39 is 0 Å². The Hall–Kier alpha value is -2.37. The SMILES string of the molecule is O=C(N[C@H](Cc1ccccc1)c1nnc(N2CCCCCC2)o1)C1CCCCC1. The number of rotatable bonds is 6. The Morgan fingerprint density at radius 1 is 1.00 bits per heavy atom. The van der Waals surface area contributed by atoms with Gasteiger partial charge in [-0.3, -0.25) is 4.79 Å². The van der Waals surface area contributed by atoms with Gasteiger partial charge in [0.1, 0.15) is 6.04 Å². The molecule has 2 aliphatic rings. The molecule has 29 heavy (non-hydrogen) atoms. The molecule has 2 fully saturated rings. The minimum Gasteiger partial charge on any atom is -0.406 e. The van der Waals surface area contributed by atoms with E-state index in [0.717, 1.165) is 57.2 Å². The number of carbonyl (C=O) groups is 1. The van der Waals surface area contributed by atoms with Crippen molar-refractivity contribution in [1.29, 1.82) is 0 Å². The second kappa shape index (κ2) is 9.90. The first-order valence-electron chi connectivity index (χ1n) is 11.2. The zero-order valence-electron chi connectivity index (χ0n) is 17.2. The second-order valence-corrected chi connectivity index (χ2v) is 8.41. The first-order chi connectivity index (χ1) is 14.3. The molecule has 6 nitrogen and oxygen atoms in total. The molecule has 0 spiro atoms. The van der Waals surface area contributed by atoms with Crippen molar-refractivity contribution in [3.8, 4) is 0 Å². The van der Waals surface area contributed by atoms with Crippen LogP contribution in [0.2, 0.25) is 0 Å². The summed E-state index contributed by atoms with van der Waals surface area (Å²) in [6.07, 6.45) is 11.0. The van der Waals surface area contributed by atoms with Crippen LogP contribution < -0.4 is 10.2 Å². The fraction of sp³-hybridized carbons (Fsp3) is 0.609. The van der Waals surface area contributed by atoms with Gasteiger partial charge in [-0.15, -0.1) is 5.10 Å². The highest BCUT2D eigenvalue weighted by Gasteiger charge is 2.28. The molecular formula is C23H32N4O2. The average molecular weight is 397 g/mol. The highest BCUT2D eigenvalue weighted by Crippen LogP contribution is 2.27. The first kappa shape index (κ1) is 19.9. The van der Waals surface area contributed by atoms with E-state index in [4.69, 9.17) is 4.42 Å². The van der Waals surface area contributed by atoms with Crippen LogP contribution in [-0.2, 0) is 11.2 Å². The van der Waals surface area contributed by atoms with Crippen LogP contribution in [0.3, 0.4) is 0 Å². The molecule has 2 heterocycles. The molecule has 1 saturated heterocycles. The molecule has 1 N–H and O–H groups in total. The molecule has 1 atom stereocenters. The normalized spacial score (nSPS) is 19.5. The molecule has 1 aliphatic heterocycles. The van der Waals surface area contributed by atoms with E-state index in [1.165, 1.54) is 19.3 Å². The molecule has 6 heteroatoms. The smallest absolute Gasteiger partial charge is 0.318 e. The topological polar surface area (TPSA) is 71.3 Å². The maximum atomic E-state index is 12.9. The number of hydrogen-bond donors (Lipinski definition) is 1. The van der Waals surface area contributed by atoms with E-state index in [9.17, 15) is 4.79 Å². The van der Waals surface area contributed by atoms with Crippen molar-refractivity contribution in [3.63, 3.8) is 0 Å². The minimum absolute atomic E-state index is 0.107. The van der Waals surface area contributed by atoms with Crippen molar-refractivity contribution >= 4 is 11.9 Å². The van der Waals surface area contributed by atoms with E-state index in [-0.39, 0.29) is 17.9 Å². The third kappa shape index (κ3) is 5.37. The third-order valence-corrected chi connectivity index (χ3v) is 6.18. The van der Waals surface area contributed by atoms with E-state index in [1.807, 2.05) is 18.2 Å². The maximum absolute atomic E-state index is 12.9. The zero-order valence-corrected chi connectivity index (χ0v) is 17.2. The zero-order chi connectivity index (χ0) is 19.9. The Kier molecular flexibility index (Phi) is 6.80. The van der Waals surface area contributed by atoms with Crippen LogP contribution in [0.1, 0.15) is 75.3 Å². The Labute approximate surface area is 173 Å². The number of anilines is 1. The van der Waals surface area contributed by atoms with Crippen molar-refractivity contribution in [2.24, 2.45) is 5.92 Å². The van der Waals surface area contributed by atoms with Crippen molar-refractivity contribution < 1.29 is 9.21 Å². The Morgan fingerprint density at radius 3 is 2.41 bits per heavy atom.